The largest absolute Gasteiger partial charge is 0.383 e. The molecule has 0 bridgehead atoms. The number of halogens is 1. The number of ether oxygens (including phenoxy) is 1. The van der Waals surface area contributed by atoms with Gasteiger partial charge in [-0.3, -0.25) is 4.90 Å². The lowest BCUT2D eigenvalue weighted by Gasteiger charge is -2.36. The molecule has 0 saturated carbocycles. The quantitative estimate of drug-likeness (QED) is 0.768. The number of nitrogens with zero attached hydrogens (tertiary/aromatic N) is 1. The molecule has 0 aromatic heterocycles. The molecule has 1 saturated heterocycles. The van der Waals surface area contributed by atoms with E-state index in [1.54, 1.807) is 7.11 Å². The maximum absolute atomic E-state index is 5.21. The van der Waals surface area contributed by atoms with Crippen LogP contribution in [0.5, 0.6) is 0 Å². The molecule has 0 spiro atoms. The second kappa shape index (κ2) is 7.46. The molecule has 1 heterocycles. The molecule has 1 fully saturated rings. The van der Waals surface area contributed by atoms with E-state index in [1.807, 2.05) is 0 Å². The summed E-state index contributed by atoms with van der Waals surface area (Å²) in [5.74, 6) is 0.748. The van der Waals surface area contributed by atoms with Crippen LogP contribution in [0.15, 0.2) is 0 Å². The van der Waals surface area contributed by atoms with Gasteiger partial charge in [-0.15, -0.1) is 12.4 Å². The molecule has 4 heteroatoms. The monoisotopic (exact) mass is 222 g/mol. The summed E-state index contributed by atoms with van der Waals surface area (Å²) in [6, 6.07) is 0.571. The van der Waals surface area contributed by atoms with Crippen molar-refractivity contribution in [3.63, 3.8) is 0 Å². The summed E-state index contributed by atoms with van der Waals surface area (Å²) in [5.41, 5.74) is 0. The van der Waals surface area contributed by atoms with E-state index < -0.39 is 0 Å². The Labute approximate surface area is 93.6 Å². The average molecular weight is 223 g/mol. The Morgan fingerprint density at radius 2 is 2.21 bits per heavy atom. The third-order valence-corrected chi connectivity index (χ3v) is 2.43. The lowest BCUT2D eigenvalue weighted by atomic mass is 10.1. The second-order valence-electron chi connectivity index (χ2n) is 4.20. The van der Waals surface area contributed by atoms with Crippen LogP contribution in [0.4, 0.5) is 0 Å². The van der Waals surface area contributed by atoms with E-state index in [2.05, 4.69) is 24.1 Å². The van der Waals surface area contributed by atoms with Gasteiger partial charge < -0.3 is 10.1 Å². The summed E-state index contributed by atoms with van der Waals surface area (Å²) >= 11 is 0. The third-order valence-electron chi connectivity index (χ3n) is 2.43. The van der Waals surface area contributed by atoms with Gasteiger partial charge in [0.15, 0.2) is 0 Å². The Morgan fingerprint density at radius 1 is 1.50 bits per heavy atom. The minimum absolute atomic E-state index is 0. The van der Waals surface area contributed by atoms with Crippen LogP contribution in [0.2, 0.25) is 0 Å². The Bertz CT molecular complexity index is 142. The van der Waals surface area contributed by atoms with E-state index in [-0.39, 0.29) is 12.4 Å². The fraction of sp³-hybridized carbons (Fsp3) is 1.00. The van der Waals surface area contributed by atoms with Crippen molar-refractivity contribution in [1.82, 2.24) is 10.2 Å². The Kier molecular flexibility index (Phi) is 7.55. The molecule has 0 radical (unpaired) electrons. The zero-order chi connectivity index (χ0) is 9.68. The number of nitrogens with one attached hydrogen (secondary N) is 1. The highest BCUT2D eigenvalue weighted by Gasteiger charge is 2.21. The first-order chi connectivity index (χ1) is 6.24. The van der Waals surface area contributed by atoms with Crippen molar-refractivity contribution in [2.75, 3.05) is 39.9 Å². The van der Waals surface area contributed by atoms with Crippen molar-refractivity contribution in [3.8, 4) is 0 Å². The number of hydrogen-bond donors (Lipinski definition) is 1. The number of rotatable bonds is 4. The lowest BCUT2D eigenvalue weighted by Crippen LogP contribution is -2.54. The van der Waals surface area contributed by atoms with Gasteiger partial charge in [0.25, 0.3) is 0 Å². The van der Waals surface area contributed by atoms with Crippen molar-refractivity contribution in [1.29, 1.82) is 0 Å². The zero-order valence-corrected chi connectivity index (χ0v) is 10.3. The first kappa shape index (κ1) is 14.2. The third kappa shape index (κ3) is 4.60. The van der Waals surface area contributed by atoms with Gasteiger partial charge in [0.2, 0.25) is 0 Å². The Hall–Kier alpha value is 0.170. The Morgan fingerprint density at radius 3 is 2.79 bits per heavy atom. The van der Waals surface area contributed by atoms with E-state index >= 15 is 0 Å². The number of piperazine rings is 1. The van der Waals surface area contributed by atoms with Gasteiger partial charge in [-0.05, 0) is 5.92 Å². The zero-order valence-electron chi connectivity index (χ0n) is 9.45. The molecule has 1 rings (SSSR count). The maximum atomic E-state index is 5.21. The molecule has 0 unspecified atom stereocenters. The van der Waals surface area contributed by atoms with Crippen molar-refractivity contribution in [3.05, 3.63) is 0 Å². The summed E-state index contributed by atoms with van der Waals surface area (Å²) in [4.78, 5) is 2.53. The minimum atomic E-state index is 0. The summed E-state index contributed by atoms with van der Waals surface area (Å²) in [5, 5.41) is 3.40. The molecular formula is C10H23ClN2O. The van der Waals surface area contributed by atoms with Crippen LogP contribution in [0.1, 0.15) is 13.8 Å². The molecule has 0 aromatic rings. The maximum Gasteiger partial charge on any atom is 0.0630 e. The summed E-state index contributed by atoms with van der Waals surface area (Å²) in [6.45, 7) is 9.92. The molecule has 1 atom stereocenters. The molecule has 0 aromatic carbocycles. The van der Waals surface area contributed by atoms with Crippen LogP contribution in [-0.2, 0) is 4.74 Å². The molecule has 14 heavy (non-hydrogen) atoms. The summed E-state index contributed by atoms with van der Waals surface area (Å²) < 4.78 is 5.21. The molecule has 0 aliphatic carbocycles. The molecular weight excluding hydrogens is 200 g/mol. The highest BCUT2D eigenvalue weighted by molar-refractivity contribution is 5.85. The van der Waals surface area contributed by atoms with Gasteiger partial charge in [0.05, 0.1) is 6.61 Å². The minimum Gasteiger partial charge on any atom is -0.383 e. The normalized spacial score (nSPS) is 23.6. The van der Waals surface area contributed by atoms with Crippen molar-refractivity contribution in [2.45, 2.75) is 19.9 Å². The summed E-state index contributed by atoms with van der Waals surface area (Å²) in [7, 11) is 1.78. The summed E-state index contributed by atoms with van der Waals surface area (Å²) in [6.07, 6.45) is 0. The molecule has 1 aliphatic rings. The fourth-order valence-corrected chi connectivity index (χ4v) is 1.87. The van der Waals surface area contributed by atoms with Crippen molar-refractivity contribution in [2.24, 2.45) is 5.92 Å². The molecule has 0 amide bonds. The lowest BCUT2D eigenvalue weighted by molar-refractivity contribution is 0.0662. The fourth-order valence-electron chi connectivity index (χ4n) is 1.87. The first-order valence-electron chi connectivity index (χ1n) is 5.17. The van der Waals surface area contributed by atoms with Crippen molar-refractivity contribution >= 4 is 12.4 Å². The molecule has 3 nitrogen and oxygen atoms in total. The standard InChI is InChI=1S/C10H22N2O.ClH/c1-9(2)7-12-5-4-11-6-10(12)8-13-3;/h9-11H,4-8H2,1-3H3;1H/t10-;/m1./s1. The van der Waals surface area contributed by atoms with Crippen LogP contribution in [-0.4, -0.2) is 50.8 Å². The first-order valence-corrected chi connectivity index (χ1v) is 5.17. The van der Waals surface area contributed by atoms with Crippen LogP contribution in [0, 0.1) is 5.92 Å². The highest BCUT2D eigenvalue weighted by atomic mass is 35.5. The number of methoxy groups -OCH3 is 1. The van der Waals surface area contributed by atoms with E-state index in [0.29, 0.717) is 6.04 Å². The number of hydrogen-bond acceptors (Lipinski definition) is 3. The van der Waals surface area contributed by atoms with Crippen LogP contribution < -0.4 is 5.32 Å². The second-order valence-corrected chi connectivity index (χ2v) is 4.20. The molecule has 86 valence electrons. The van der Waals surface area contributed by atoms with E-state index in [4.69, 9.17) is 4.74 Å². The SMILES string of the molecule is COC[C@H]1CNCCN1CC(C)C.Cl. The van der Waals surface area contributed by atoms with Gasteiger partial charge in [-0.1, -0.05) is 13.8 Å². The predicted octanol–water partition coefficient (Wildman–Crippen LogP) is 0.984. The molecule has 1 aliphatic heterocycles. The molecule has 1 N–H and O–H groups in total. The topological polar surface area (TPSA) is 24.5 Å². The van der Waals surface area contributed by atoms with Crippen LogP contribution >= 0.6 is 12.4 Å². The predicted molar refractivity (Wildman–Crippen MR) is 62.2 cm³/mol. The Balaban J connectivity index is 0.00000169. The van der Waals surface area contributed by atoms with Crippen molar-refractivity contribution < 1.29 is 4.74 Å². The smallest absolute Gasteiger partial charge is 0.0630 e. The van der Waals surface area contributed by atoms with Gasteiger partial charge in [-0.2, -0.15) is 0 Å². The highest BCUT2D eigenvalue weighted by Crippen LogP contribution is 2.07. The average Bonchev–Trinajstić information content (AvgIpc) is 2.08. The van der Waals surface area contributed by atoms with Gasteiger partial charge >= 0.3 is 0 Å². The van der Waals surface area contributed by atoms with E-state index in [0.717, 1.165) is 32.2 Å². The van der Waals surface area contributed by atoms with Crippen LogP contribution in [0.3, 0.4) is 0 Å². The van der Waals surface area contributed by atoms with Crippen LogP contribution in [0.25, 0.3) is 0 Å². The van der Waals surface area contributed by atoms with E-state index in [1.165, 1.54) is 6.54 Å². The van der Waals surface area contributed by atoms with Gasteiger partial charge in [0, 0.05) is 39.3 Å². The van der Waals surface area contributed by atoms with Gasteiger partial charge in [-0.25, -0.2) is 0 Å². The van der Waals surface area contributed by atoms with E-state index in [9.17, 15) is 0 Å². The van der Waals surface area contributed by atoms with Gasteiger partial charge in [0.1, 0.15) is 0 Å².